The number of hydrogen-bond acceptors (Lipinski definition) is 3. The molecule has 0 amide bonds. The van der Waals surface area contributed by atoms with E-state index in [-0.39, 0.29) is 13.0 Å². The number of rotatable bonds is 6. The second-order valence-electron chi connectivity index (χ2n) is 3.82. The molecule has 4 heteroatoms. The van der Waals surface area contributed by atoms with Crippen LogP contribution in [0.25, 0.3) is 5.57 Å². The fourth-order valence-electron chi connectivity index (χ4n) is 1.55. The molecule has 1 aromatic rings. The molecule has 0 bridgehead atoms. The number of allylic oxidation sites excluding steroid dienone is 1. The number of carboxylic acids is 1. The molecule has 0 fully saturated rings. The van der Waals surface area contributed by atoms with Gasteiger partial charge in [0.25, 0.3) is 0 Å². The molecule has 0 saturated heterocycles. The fourth-order valence-corrected chi connectivity index (χ4v) is 1.55. The topological polar surface area (TPSA) is 63.6 Å². The van der Waals surface area contributed by atoms with Crippen LogP contribution in [0.3, 0.4) is 0 Å². The number of hydrogen-bond donors (Lipinski definition) is 1. The molecule has 4 nitrogen and oxygen atoms in total. The van der Waals surface area contributed by atoms with Crippen molar-refractivity contribution < 1.29 is 19.4 Å². The van der Waals surface area contributed by atoms with Crippen molar-refractivity contribution in [3.63, 3.8) is 0 Å². The number of carbonyl (C=O) groups excluding carboxylic acids is 1. The van der Waals surface area contributed by atoms with Gasteiger partial charge in [-0.1, -0.05) is 36.9 Å². The number of carbonyl (C=O) groups is 2. The van der Waals surface area contributed by atoms with Gasteiger partial charge in [-0.3, -0.25) is 9.59 Å². The van der Waals surface area contributed by atoms with Gasteiger partial charge in [0.05, 0.1) is 6.61 Å². The summed E-state index contributed by atoms with van der Waals surface area (Å²) >= 11 is 0. The fraction of sp³-hybridized carbons (Fsp3) is 0.286. The third-order valence-electron chi connectivity index (χ3n) is 2.50. The van der Waals surface area contributed by atoms with Crippen molar-refractivity contribution in [1.82, 2.24) is 0 Å². The molecule has 0 aliphatic heterocycles. The highest BCUT2D eigenvalue weighted by atomic mass is 16.5. The first-order valence-electron chi connectivity index (χ1n) is 5.69. The van der Waals surface area contributed by atoms with Crippen LogP contribution < -0.4 is 0 Å². The van der Waals surface area contributed by atoms with E-state index in [9.17, 15) is 9.59 Å². The predicted molar refractivity (Wildman–Crippen MR) is 67.9 cm³/mol. The maximum absolute atomic E-state index is 11.5. The summed E-state index contributed by atoms with van der Waals surface area (Å²) in [5.74, 6) is -3.11. The highest BCUT2D eigenvalue weighted by Gasteiger charge is 2.28. The van der Waals surface area contributed by atoms with Crippen molar-refractivity contribution >= 4 is 17.5 Å². The molecule has 0 aliphatic rings. The van der Waals surface area contributed by atoms with Crippen molar-refractivity contribution in [2.45, 2.75) is 13.3 Å². The van der Waals surface area contributed by atoms with E-state index in [1.165, 1.54) is 0 Å². The Balaban J connectivity index is 2.76. The number of esters is 1. The van der Waals surface area contributed by atoms with E-state index in [0.717, 1.165) is 5.56 Å². The highest BCUT2D eigenvalue weighted by molar-refractivity contribution is 5.95. The monoisotopic (exact) mass is 248 g/mol. The zero-order valence-corrected chi connectivity index (χ0v) is 10.3. The third kappa shape index (κ3) is 3.73. The predicted octanol–water partition coefficient (Wildman–Crippen LogP) is 2.35. The average molecular weight is 248 g/mol. The molecule has 0 aliphatic carbocycles. The van der Waals surface area contributed by atoms with Crippen LogP contribution >= 0.6 is 0 Å². The van der Waals surface area contributed by atoms with E-state index in [0.29, 0.717) is 5.57 Å². The molecule has 0 spiro atoms. The van der Waals surface area contributed by atoms with Crippen molar-refractivity contribution in [3.8, 4) is 0 Å². The van der Waals surface area contributed by atoms with Crippen LogP contribution in [0, 0.1) is 5.92 Å². The standard InChI is InChI=1S/C14H16O4/c1-3-18-14(17)12(13(15)16)9-10(2)11-7-5-4-6-8-11/h4-8,12H,2-3,9H2,1H3,(H,15,16). The normalized spacial score (nSPS) is 11.6. The highest BCUT2D eigenvalue weighted by Crippen LogP contribution is 2.21. The van der Waals surface area contributed by atoms with Crippen LogP contribution in [-0.4, -0.2) is 23.7 Å². The minimum atomic E-state index is -1.20. The molecule has 1 unspecified atom stereocenters. The molecule has 1 aromatic carbocycles. The first-order chi connectivity index (χ1) is 8.56. The van der Waals surface area contributed by atoms with Gasteiger partial charge >= 0.3 is 11.9 Å². The Morgan fingerprint density at radius 3 is 2.44 bits per heavy atom. The van der Waals surface area contributed by atoms with E-state index < -0.39 is 17.9 Å². The third-order valence-corrected chi connectivity index (χ3v) is 2.50. The molecule has 0 radical (unpaired) electrons. The lowest BCUT2D eigenvalue weighted by molar-refractivity contribution is -0.158. The Hall–Kier alpha value is -2.10. The minimum absolute atomic E-state index is 0.0537. The zero-order valence-electron chi connectivity index (χ0n) is 10.3. The zero-order chi connectivity index (χ0) is 13.5. The van der Waals surface area contributed by atoms with Crippen LogP contribution in [0.1, 0.15) is 18.9 Å². The van der Waals surface area contributed by atoms with Crippen molar-refractivity contribution in [2.24, 2.45) is 5.92 Å². The number of carboxylic acid groups (broad SMARTS) is 1. The van der Waals surface area contributed by atoms with Gasteiger partial charge in [0.15, 0.2) is 5.92 Å². The molecule has 0 heterocycles. The summed E-state index contributed by atoms with van der Waals surface area (Å²) in [5.41, 5.74) is 1.43. The second kappa shape index (κ2) is 6.59. The first kappa shape index (κ1) is 14.0. The van der Waals surface area contributed by atoms with Crippen LogP contribution in [0.15, 0.2) is 36.9 Å². The first-order valence-corrected chi connectivity index (χ1v) is 5.69. The lowest BCUT2D eigenvalue weighted by atomic mass is 9.95. The largest absolute Gasteiger partial charge is 0.481 e. The Morgan fingerprint density at radius 1 is 1.33 bits per heavy atom. The van der Waals surface area contributed by atoms with Crippen LogP contribution in [0.2, 0.25) is 0 Å². The van der Waals surface area contributed by atoms with E-state index in [1.54, 1.807) is 6.92 Å². The van der Waals surface area contributed by atoms with Gasteiger partial charge in [0.2, 0.25) is 0 Å². The maximum Gasteiger partial charge on any atom is 0.320 e. The van der Waals surface area contributed by atoms with Gasteiger partial charge in [0.1, 0.15) is 0 Å². The molecule has 1 rings (SSSR count). The van der Waals surface area contributed by atoms with Gasteiger partial charge in [-0.25, -0.2) is 0 Å². The van der Waals surface area contributed by atoms with Crippen molar-refractivity contribution in [3.05, 3.63) is 42.5 Å². The second-order valence-corrected chi connectivity index (χ2v) is 3.82. The van der Waals surface area contributed by atoms with Gasteiger partial charge in [-0.15, -0.1) is 0 Å². The number of benzene rings is 1. The molecule has 18 heavy (non-hydrogen) atoms. The average Bonchev–Trinajstić information content (AvgIpc) is 2.36. The van der Waals surface area contributed by atoms with E-state index in [4.69, 9.17) is 9.84 Å². The molecular formula is C14H16O4. The smallest absolute Gasteiger partial charge is 0.320 e. The SMILES string of the molecule is C=C(CC(C(=O)O)C(=O)OCC)c1ccccc1. The van der Waals surface area contributed by atoms with Gasteiger partial charge in [-0.2, -0.15) is 0 Å². The van der Waals surface area contributed by atoms with Crippen LogP contribution in [0.5, 0.6) is 0 Å². The summed E-state index contributed by atoms with van der Waals surface area (Å²) in [4.78, 5) is 22.5. The van der Waals surface area contributed by atoms with Crippen LogP contribution in [0.4, 0.5) is 0 Å². The maximum atomic E-state index is 11.5. The Bertz CT molecular complexity index is 436. The van der Waals surface area contributed by atoms with Gasteiger partial charge in [0, 0.05) is 0 Å². The lowest BCUT2D eigenvalue weighted by Gasteiger charge is -2.13. The summed E-state index contributed by atoms with van der Waals surface area (Å²) < 4.78 is 4.74. The molecule has 96 valence electrons. The summed E-state index contributed by atoms with van der Waals surface area (Å²) in [7, 11) is 0. The number of ether oxygens (including phenoxy) is 1. The molecular weight excluding hydrogens is 232 g/mol. The van der Waals surface area contributed by atoms with E-state index in [1.807, 2.05) is 30.3 Å². The molecule has 0 saturated carbocycles. The van der Waals surface area contributed by atoms with Crippen molar-refractivity contribution in [1.29, 1.82) is 0 Å². The summed E-state index contributed by atoms with van der Waals surface area (Å²) in [6, 6.07) is 9.18. The lowest BCUT2D eigenvalue weighted by Crippen LogP contribution is -2.26. The quantitative estimate of drug-likeness (QED) is 0.620. The van der Waals surface area contributed by atoms with Crippen LogP contribution in [-0.2, 0) is 14.3 Å². The van der Waals surface area contributed by atoms with E-state index in [2.05, 4.69) is 6.58 Å². The number of aliphatic carboxylic acids is 1. The molecule has 0 aromatic heterocycles. The summed E-state index contributed by atoms with van der Waals surface area (Å²) in [6.45, 7) is 5.63. The summed E-state index contributed by atoms with van der Waals surface area (Å²) in [5, 5.41) is 9.02. The summed E-state index contributed by atoms with van der Waals surface area (Å²) in [6.07, 6.45) is 0.0537. The van der Waals surface area contributed by atoms with Gasteiger partial charge in [-0.05, 0) is 24.5 Å². The molecule has 1 atom stereocenters. The molecule has 1 N–H and O–H groups in total. The Morgan fingerprint density at radius 2 is 1.94 bits per heavy atom. The van der Waals surface area contributed by atoms with Crippen molar-refractivity contribution in [2.75, 3.05) is 6.61 Å². The minimum Gasteiger partial charge on any atom is -0.481 e. The Labute approximate surface area is 106 Å². The Kier molecular flexibility index (Phi) is 5.11. The van der Waals surface area contributed by atoms with E-state index >= 15 is 0 Å². The van der Waals surface area contributed by atoms with Gasteiger partial charge < -0.3 is 9.84 Å².